The van der Waals surface area contributed by atoms with Gasteiger partial charge in [0.1, 0.15) is 17.7 Å². The van der Waals surface area contributed by atoms with Crippen molar-refractivity contribution in [3.05, 3.63) is 70.3 Å². The summed E-state index contributed by atoms with van der Waals surface area (Å²) in [5.41, 5.74) is 2.46. The third kappa shape index (κ3) is 6.12. The molecule has 6 nitrogen and oxygen atoms in total. The lowest BCUT2D eigenvalue weighted by Gasteiger charge is -2.15. The fourth-order valence-corrected chi connectivity index (χ4v) is 3.03. The quantitative estimate of drug-likeness (QED) is 0.331. The van der Waals surface area contributed by atoms with E-state index in [0.717, 1.165) is 5.56 Å². The van der Waals surface area contributed by atoms with Crippen LogP contribution >= 0.6 is 11.6 Å². The predicted molar refractivity (Wildman–Crippen MR) is 121 cm³/mol. The van der Waals surface area contributed by atoms with Gasteiger partial charge in [-0.15, -0.1) is 6.58 Å². The number of halogens is 1. The van der Waals surface area contributed by atoms with Crippen molar-refractivity contribution >= 4 is 29.3 Å². The van der Waals surface area contributed by atoms with Gasteiger partial charge in [-0.05, 0) is 61.7 Å². The van der Waals surface area contributed by atoms with E-state index in [2.05, 4.69) is 11.9 Å². The lowest BCUT2D eigenvalue weighted by Crippen LogP contribution is -2.14. The van der Waals surface area contributed by atoms with E-state index in [1.807, 2.05) is 19.1 Å². The second-order valence-electron chi connectivity index (χ2n) is 6.42. The van der Waals surface area contributed by atoms with Crippen LogP contribution in [0.2, 0.25) is 5.02 Å². The van der Waals surface area contributed by atoms with Gasteiger partial charge in [0.2, 0.25) is 0 Å². The monoisotopic (exact) mass is 435 g/mol. The fourth-order valence-electron chi connectivity index (χ4n) is 2.85. The molecule has 2 rings (SSSR count). The molecule has 1 N–H and O–H groups in total. The number of allylic oxidation sites excluding steroid dienone is 1. The van der Waals surface area contributed by atoms with Crippen LogP contribution in [0.15, 0.2) is 48.6 Å². The average molecular weight is 436 g/mol. The van der Waals surface area contributed by atoms with E-state index in [1.165, 1.54) is 6.08 Å². The molecule has 0 spiro atoms. The Morgan fingerprint density at radius 3 is 2.71 bits per heavy atom. The van der Waals surface area contributed by atoms with Crippen LogP contribution in [0.5, 0.6) is 11.5 Å². The van der Waals surface area contributed by atoms with Crippen LogP contribution in [0.3, 0.4) is 0 Å². The van der Waals surface area contributed by atoms with Gasteiger partial charge in [-0.3, -0.25) is 4.79 Å². The lowest BCUT2D eigenvalue weighted by atomic mass is 10.0. The van der Waals surface area contributed by atoms with Gasteiger partial charge in [-0.1, -0.05) is 23.7 Å². The molecule has 0 fully saturated rings. The van der Waals surface area contributed by atoms with Crippen LogP contribution in [0, 0.1) is 29.6 Å². The van der Waals surface area contributed by atoms with Crippen molar-refractivity contribution in [2.75, 3.05) is 18.5 Å². The van der Waals surface area contributed by atoms with Crippen molar-refractivity contribution in [3.63, 3.8) is 0 Å². The highest BCUT2D eigenvalue weighted by molar-refractivity contribution is 6.31. The summed E-state index contributed by atoms with van der Waals surface area (Å²) in [6, 6.07) is 12.5. The first kappa shape index (κ1) is 23.5. The van der Waals surface area contributed by atoms with Gasteiger partial charge in [0.05, 0.1) is 6.61 Å². The first-order chi connectivity index (χ1) is 14.9. The summed E-state index contributed by atoms with van der Waals surface area (Å²) in [6.45, 7) is 7.60. The highest BCUT2D eigenvalue weighted by atomic mass is 35.5. The second kappa shape index (κ2) is 11.4. The molecule has 1 amide bonds. The largest absolute Gasteiger partial charge is 0.490 e. The summed E-state index contributed by atoms with van der Waals surface area (Å²) in [4.78, 5) is 12.7. The summed E-state index contributed by atoms with van der Waals surface area (Å²) >= 11 is 6.10. The van der Waals surface area contributed by atoms with Crippen LogP contribution in [0.4, 0.5) is 5.69 Å². The van der Waals surface area contributed by atoms with Crippen molar-refractivity contribution in [1.29, 1.82) is 10.5 Å². The van der Waals surface area contributed by atoms with E-state index in [0.29, 0.717) is 46.4 Å². The summed E-state index contributed by atoms with van der Waals surface area (Å²) in [5, 5.41) is 21.7. The third-order valence-electron chi connectivity index (χ3n) is 4.29. The SMILES string of the molecule is C=CCc1cc(/C=C(\C#N)C(=O)Nc2cccc(Cl)c2C)cc(OCC)c1OCC#N. The number of carbonyl (C=O) groups is 1. The van der Waals surface area contributed by atoms with Crippen molar-refractivity contribution in [2.45, 2.75) is 20.3 Å². The molecule has 0 heterocycles. The first-order valence-corrected chi connectivity index (χ1v) is 9.91. The molecule has 7 heteroatoms. The molecule has 0 saturated carbocycles. The molecule has 0 aliphatic heterocycles. The minimum Gasteiger partial charge on any atom is -0.490 e. The molecule has 0 saturated heterocycles. The number of hydrogen-bond donors (Lipinski definition) is 1. The zero-order valence-corrected chi connectivity index (χ0v) is 18.1. The van der Waals surface area contributed by atoms with E-state index in [-0.39, 0.29) is 12.2 Å². The first-order valence-electron chi connectivity index (χ1n) is 9.53. The van der Waals surface area contributed by atoms with Crippen LogP contribution in [-0.2, 0) is 11.2 Å². The van der Waals surface area contributed by atoms with E-state index in [9.17, 15) is 10.1 Å². The molecule has 0 aliphatic carbocycles. The molecule has 31 heavy (non-hydrogen) atoms. The molecule has 2 aromatic rings. The minimum atomic E-state index is -0.555. The average Bonchev–Trinajstić information content (AvgIpc) is 2.75. The number of anilines is 1. The van der Waals surface area contributed by atoms with Gasteiger partial charge < -0.3 is 14.8 Å². The van der Waals surface area contributed by atoms with Crippen molar-refractivity contribution in [2.24, 2.45) is 0 Å². The van der Waals surface area contributed by atoms with Crippen LogP contribution in [-0.4, -0.2) is 19.1 Å². The molecular formula is C24H22ClN3O3. The number of nitriles is 2. The Balaban J connectivity index is 2.45. The summed E-state index contributed by atoms with van der Waals surface area (Å²) in [7, 11) is 0. The second-order valence-corrected chi connectivity index (χ2v) is 6.82. The standard InChI is InChI=1S/C24H22ClN3O3/c1-4-7-18-12-17(14-22(30-5-2)23(18)31-11-10-26)13-19(15-27)24(29)28-21-9-6-8-20(25)16(21)3/h4,6,8-9,12-14H,1,5,7,11H2,2-3H3,(H,28,29)/b19-13+. The Bertz CT molecular complexity index is 1090. The van der Waals surface area contributed by atoms with E-state index in [4.69, 9.17) is 26.3 Å². The number of nitrogens with one attached hydrogen (secondary N) is 1. The van der Waals surface area contributed by atoms with Gasteiger partial charge in [-0.25, -0.2) is 0 Å². The smallest absolute Gasteiger partial charge is 0.266 e. The van der Waals surface area contributed by atoms with Gasteiger partial charge in [-0.2, -0.15) is 10.5 Å². The zero-order valence-electron chi connectivity index (χ0n) is 17.4. The van der Waals surface area contributed by atoms with Crippen molar-refractivity contribution in [1.82, 2.24) is 0 Å². The molecule has 0 bridgehead atoms. The minimum absolute atomic E-state index is 0.0860. The Hall–Kier alpha value is -3.74. The number of ether oxygens (including phenoxy) is 2. The van der Waals surface area contributed by atoms with Crippen molar-refractivity contribution in [3.8, 4) is 23.6 Å². The summed E-state index contributed by atoms with van der Waals surface area (Å²) < 4.78 is 11.2. The van der Waals surface area contributed by atoms with E-state index in [1.54, 1.807) is 43.3 Å². The van der Waals surface area contributed by atoms with Crippen LogP contribution in [0.25, 0.3) is 6.08 Å². The van der Waals surface area contributed by atoms with Crippen molar-refractivity contribution < 1.29 is 14.3 Å². The Kier molecular flexibility index (Phi) is 8.69. The zero-order chi connectivity index (χ0) is 22.8. The molecule has 0 unspecified atom stereocenters. The van der Waals surface area contributed by atoms with Gasteiger partial charge in [0.15, 0.2) is 18.1 Å². The van der Waals surface area contributed by atoms with E-state index >= 15 is 0 Å². The van der Waals surface area contributed by atoms with Crippen LogP contribution < -0.4 is 14.8 Å². The number of benzene rings is 2. The number of hydrogen-bond acceptors (Lipinski definition) is 5. The molecule has 158 valence electrons. The molecular weight excluding hydrogens is 414 g/mol. The molecule has 2 aromatic carbocycles. The third-order valence-corrected chi connectivity index (χ3v) is 4.70. The molecule has 0 atom stereocenters. The Morgan fingerprint density at radius 1 is 1.29 bits per heavy atom. The summed E-state index contributed by atoms with van der Waals surface area (Å²) in [5.74, 6) is 0.311. The molecule has 0 aromatic heterocycles. The lowest BCUT2D eigenvalue weighted by molar-refractivity contribution is -0.112. The highest BCUT2D eigenvalue weighted by Crippen LogP contribution is 2.35. The Labute approximate surface area is 187 Å². The number of nitrogens with zero attached hydrogens (tertiary/aromatic N) is 2. The Morgan fingerprint density at radius 2 is 2.06 bits per heavy atom. The maximum Gasteiger partial charge on any atom is 0.266 e. The predicted octanol–water partition coefficient (Wildman–Crippen LogP) is 5.22. The molecule has 0 radical (unpaired) electrons. The van der Waals surface area contributed by atoms with Gasteiger partial charge in [0.25, 0.3) is 5.91 Å². The topological polar surface area (TPSA) is 95.1 Å². The van der Waals surface area contributed by atoms with E-state index < -0.39 is 5.91 Å². The maximum absolute atomic E-state index is 12.7. The summed E-state index contributed by atoms with van der Waals surface area (Å²) in [6.07, 6.45) is 3.62. The highest BCUT2D eigenvalue weighted by Gasteiger charge is 2.16. The molecule has 0 aliphatic rings. The number of carbonyl (C=O) groups excluding carboxylic acids is 1. The fraction of sp³-hybridized carbons (Fsp3) is 0.208. The van der Waals surface area contributed by atoms with Gasteiger partial charge >= 0.3 is 0 Å². The maximum atomic E-state index is 12.7. The van der Waals surface area contributed by atoms with Crippen LogP contribution in [0.1, 0.15) is 23.6 Å². The van der Waals surface area contributed by atoms with Gasteiger partial charge in [0, 0.05) is 16.3 Å². The normalized spacial score (nSPS) is 10.5. The number of rotatable bonds is 9. The number of amides is 1.